The van der Waals surface area contributed by atoms with E-state index in [2.05, 4.69) is 0 Å². The molecule has 17 heavy (non-hydrogen) atoms. The van der Waals surface area contributed by atoms with Gasteiger partial charge in [0.15, 0.2) is 0 Å². The van der Waals surface area contributed by atoms with Crippen LogP contribution in [0.4, 0.5) is 5.69 Å². The quantitative estimate of drug-likeness (QED) is 0.604. The molecule has 1 atom stereocenters. The van der Waals surface area contributed by atoms with E-state index in [0.29, 0.717) is 19.1 Å². The van der Waals surface area contributed by atoms with Gasteiger partial charge in [-0.05, 0) is 30.7 Å². The van der Waals surface area contributed by atoms with Crippen LogP contribution < -0.4 is 10.5 Å². The third-order valence-electron chi connectivity index (χ3n) is 2.75. The minimum Gasteiger partial charge on any atom is -0.491 e. The van der Waals surface area contributed by atoms with Crippen molar-refractivity contribution in [1.82, 2.24) is 0 Å². The summed E-state index contributed by atoms with van der Waals surface area (Å²) < 4.78 is 16.3. The molecule has 0 saturated carbocycles. The number of hydrogen-bond acceptors (Lipinski definition) is 4. The lowest BCUT2D eigenvalue weighted by Crippen LogP contribution is -2.13. The van der Waals surface area contributed by atoms with Crippen molar-refractivity contribution in [2.45, 2.75) is 6.42 Å². The number of nitrogens with two attached hydrogens (primary N) is 1. The summed E-state index contributed by atoms with van der Waals surface area (Å²) in [6, 6.07) is 7.37. The molecular formula is C13H19NO3. The molecule has 1 heterocycles. The summed E-state index contributed by atoms with van der Waals surface area (Å²) in [5, 5.41) is 0. The van der Waals surface area contributed by atoms with Crippen LogP contribution in [0.2, 0.25) is 0 Å². The molecule has 0 aliphatic carbocycles. The standard InChI is InChI=1S/C13H19NO3/c14-12-1-3-13(4-2-12)17-8-7-16-10-11-5-6-15-9-11/h1-4,11H,5-10,14H2. The molecule has 94 valence electrons. The highest BCUT2D eigenvalue weighted by Crippen LogP contribution is 2.14. The zero-order chi connectivity index (χ0) is 11.9. The summed E-state index contributed by atoms with van der Waals surface area (Å²) in [6.07, 6.45) is 1.11. The van der Waals surface area contributed by atoms with Gasteiger partial charge in [0.2, 0.25) is 0 Å². The highest BCUT2D eigenvalue weighted by Gasteiger charge is 2.15. The molecule has 1 aliphatic rings. The molecule has 0 aromatic heterocycles. The Morgan fingerprint density at radius 3 is 2.76 bits per heavy atom. The first-order valence-corrected chi connectivity index (χ1v) is 5.98. The molecule has 0 spiro atoms. The Hall–Kier alpha value is -1.26. The van der Waals surface area contributed by atoms with E-state index in [4.69, 9.17) is 19.9 Å². The second-order valence-electron chi connectivity index (χ2n) is 4.22. The van der Waals surface area contributed by atoms with Gasteiger partial charge in [-0.3, -0.25) is 0 Å². The summed E-state index contributed by atoms with van der Waals surface area (Å²) in [6.45, 7) is 3.65. The Kier molecular flexibility index (Phi) is 4.64. The van der Waals surface area contributed by atoms with Crippen LogP contribution in [-0.2, 0) is 9.47 Å². The number of nitrogen functional groups attached to an aromatic ring is 1. The molecule has 4 nitrogen and oxygen atoms in total. The third-order valence-corrected chi connectivity index (χ3v) is 2.75. The molecule has 1 aliphatic heterocycles. The molecule has 2 N–H and O–H groups in total. The highest BCUT2D eigenvalue weighted by molar-refractivity contribution is 5.41. The molecule has 4 heteroatoms. The van der Waals surface area contributed by atoms with Crippen LogP contribution in [0.1, 0.15) is 6.42 Å². The van der Waals surface area contributed by atoms with Crippen molar-refractivity contribution >= 4 is 5.69 Å². The Labute approximate surface area is 102 Å². The average Bonchev–Trinajstić information content (AvgIpc) is 2.84. The van der Waals surface area contributed by atoms with Crippen LogP contribution in [0.5, 0.6) is 5.75 Å². The first-order chi connectivity index (χ1) is 8.34. The van der Waals surface area contributed by atoms with Crippen LogP contribution in [0.15, 0.2) is 24.3 Å². The Morgan fingerprint density at radius 1 is 1.24 bits per heavy atom. The maximum absolute atomic E-state index is 5.58. The first kappa shape index (κ1) is 12.2. The van der Waals surface area contributed by atoms with Gasteiger partial charge < -0.3 is 19.9 Å². The predicted molar refractivity (Wildman–Crippen MR) is 66.1 cm³/mol. The van der Waals surface area contributed by atoms with Crippen LogP contribution in [0.25, 0.3) is 0 Å². The van der Waals surface area contributed by atoms with Gasteiger partial charge >= 0.3 is 0 Å². The normalized spacial score (nSPS) is 19.4. The maximum atomic E-state index is 5.58. The Bertz CT molecular complexity index is 320. The van der Waals surface area contributed by atoms with E-state index in [0.717, 1.165) is 37.7 Å². The van der Waals surface area contributed by atoms with Crippen molar-refractivity contribution in [3.8, 4) is 5.75 Å². The van der Waals surface area contributed by atoms with Gasteiger partial charge in [0.05, 0.1) is 19.8 Å². The molecule has 1 saturated heterocycles. The molecule has 1 aromatic rings. The van der Waals surface area contributed by atoms with Crippen LogP contribution >= 0.6 is 0 Å². The van der Waals surface area contributed by atoms with Crippen molar-refractivity contribution in [3.63, 3.8) is 0 Å². The third kappa shape index (κ3) is 4.24. The van der Waals surface area contributed by atoms with Crippen molar-refractivity contribution < 1.29 is 14.2 Å². The lowest BCUT2D eigenvalue weighted by Gasteiger charge is -2.10. The largest absolute Gasteiger partial charge is 0.491 e. The van der Waals surface area contributed by atoms with Crippen molar-refractivity contribution in [1.29, 1.82) is 0 Å². The summed E-state index contributed by atoms with van der Waals surface area (Å²) in [4.78, 5) is 0. The van der Waals surface area contributed by atoms with Gasteiger partial charge in [-0.2, -0.15) is 0 Å². The number of hydrogen-bond donors (Lipinski definition) is 1. The Balaban J connectivity index is 1.55. The van der Waals surface area contributed by atoms with E-state index < -0.39 is 0 Å². The Morgan fingerprint density at radius 2 is 2.06 bits per heavy atom. The number of ether oxygens (including phenoxy) is 3. The summed E-state index contributed by atoms with van der Waals surface area (Å²) >= 11 is 0. The van der Waals surface area contributed by atoms with Crippen molar-refractivity contribution in [2.75, 3.05) is 38.8 Å². The predicted octanol–water partition coefficient (Wildman–Crippen LogP) is 1.70. The molecule has 0 amide bonds. The monoisotopic (exact) mass is 237 g/mol. The summed E-state index contributed by atoms with van der Waals surface area (Å²) in [5.74, 6) is 1.39. The zero-order valence-corrected chi connectivity index (χ0v) is 9.93. The van der Waals surface area contributed by atoms with Gasteiger partial charge in [0.1, 0.15) is 12.4 Å². The smallest absolute Gasteiger partial charge is 0.119 e. The lowest BCUT2D eigenvalue weighted by molar-refractivity contribution is 0.0684. The summed E-state index contributed by atoms with van der Waals surface area (Å²) in [5.41, 5.74) is 6.33. The second kappa shape index (κ2) is 6.47. The minimum atomic E-state index is 0.562. The second-order valence-corrected chi connectivity index (χ2v) is 4.22. The molecular weight excluding hydrogens is 218 g/mol. The van der Waals surface area contributed by atoms with Gasteiger partial charge in [-0.15, -0.1) is 0 Å². The van der Waals surface area contributed by atoms with Crippen LogP contribution in [0.3, 0.4) is 0 Å². The average molecular weight is 237 g/mol. The topological polar surface area (TPSA) is 53.7 Å². The molecule has 1 fully saturated rings. The fraction of sp³-hybridized carbons (Fsp3) is 0.538. The van der Waals surface area contributed by atoms with E-state index >= 15 is 0 Å². The molecule has 2 rings (SSSR count). The van der Waals surface area contributed by atoms with Gasteiger partial charge in [-0.25, -0.2) is 0 Å². The molecule has 0 radical (unpaired) electrons. The molecule has 1 unspecified atom stereocenters. The van der Waals surface area contributed by atoms with E-state index in [1.54, 1.807) is 0 Å². The lowest BCUT2D eigenvalue weighted by atomic mass is 10.1. The number of rotatable bonds is 6. The van der Waals surface area contributed by atoms with Gasteiger partial charge in [0, 0.05) is 18.2 Å². The number of anilines is 1. The molecule has 1 aromatic carbocycles. The maximum Gasteiger partial charge on any atom is 0.119 e. The fourth-order valence-corrected chi connectivity index (χ4v) is 1.75. The highest BCUT2D eigenvalue weighted by atomic mass is 16.5. The SMILES string of the molecule is Nc1ccc(OCCOCC2CCOC2)cc1. The zero-order valence-electron chi connectivity index (χ0n) is 9.93. The van der Waals surface area contributed by atoms with Crippen molar-refractivity contribution in [2.24, 2.45) is 5.92 Å². The van der Waals surface area contributed by atoms with Crippen LogP contribution in [0, 0.1) is 5.92 Å². The van der Waals surface area contributed by atoms with Gasteiger partial charge in [0.25, 0.3) is 0 Å². The first-order valence-electron chi connectivity index (χ1n) is 5.98. The van der Waals surface area contributed by atoms with E-state index in [-0.39, 0.29) is 0 Å². The van der Waals surface area contributed by atoms with Gasteiger partial charge in [-0.1, -0.05) is 0 Å². The van der Waals surface area contributed by atoms with Crippen molar-refractivity contribution in [3.05, 3.63) is 24.3 Å². The molecule has 0 bridgehead atoms. The fourth-order valence-electron chi connectivity index (χ4n) is 1.75. The number of benzene rings is 1. The minimum absolute atomic E-state index is 0.562. The van der Waals surface area contributed by atoms with E-state index in [9.17, 15) is 0 Å². The van der Waals surface area contributed by atoms with E-state index in [1.165, 1.54) is 0 Å². The van der Waals surface area contributed by atoms with Crippen LogP contribution in [-0.4, -0.2) is 33.0 Å². The summed E-state index contributed by atoms with van der Waals surface area (Å²) in [7, 11) is 0. The van der Waals surface area contributed by atoms with E-state index in [1.807, 2.05) is 24.3 Å².